The molecule has 4 nitrogen and oxygen atoms in total. The molecule has 0 aliphatic heterocycles. The predicted molar refractivity (Wildman–Crippen MR) is 101 cm³/mol. The van der Waals surface area contributed by atoms with Crippen molar-refractivity contribution >= 4 is 39.4 Å². The van der Waals surface area contributed by atoms with Crippen molar-refractivity contribution in [2.45, 2.75) is 26.2 Å². The van der Waals surface area contributed by atoms with E-state index in [0.717, 1.165) is 27.8 Å². The number of benzene rings is 1. The minimum atomic E-state index is -0.160. The van der Waals surface area contributed by atoms with Gasteiger partial charge >= 0.3 is 0 Å². The van der Waals surface area contributed by atoms with Crippen LogP contribution in [0.5, 0.6) is 5.75 Å². The summed E-state index contributed by atoms with van der Waals surface area (Å²) in [7, 11) is 1.61. The molecule has 1 atom stereocenters. The van der Waals surface area contributed by atoms with E-state index in [-0.39, 0.29) is 5.91 Å². The van der Waals surface area contributed by atoms with Crippen molar-refractivity contribution in [2.75, 3.05) is 7.11 Å². The average molecular weight is 407 g/mol. The molecule has 1 amide bonds. The average Bonchev–Trinajstić information content (AvgIpc) is 2.98. The Bertz CT molecular complexity index is 785. The van der Waals surface area contributed by atoms with E-state index in [4.69, 9.17) is 4.74 Å². The first-order valence-corrected chi connectivity index (χ1v) is 9.46. The molecule has 0 spiro atoms. The highest BCUT2D eigenvalue weighted by atomic mass is 79.9. The van der Waals surface area contributed by atoms with E-state index in [1.807, 2.05) is 24.3 Å². The molecule has 1 heterocycles. The van der Waals surface area contributed by atoms with Gasteiger partial charge in [-0.05, 0) is 55.0 Å². The van der Waals surface area contributed by atoms with Crippen molar-refractivity contribution in [3.8, 4) is 5.75 Å². The molecule has 6 heteroatoms. The van der Waals surface area contributed by atoms with Gasteiger partial charge in [-0.2, -0.15) is 5.10 Å². The zero-order valence-electron chi connectivity index (χ0n) is 13.6. The van der Waals surface area contributed by atoms with Crippen LogP contribution in [0.4, 0.5) is 0 Å². The molecule has 3 rings (SSSR count). The molecular formula is C18H19BrN2O2S. The van der Waals surface area contributed by atoms with Crippen LogP contribution in [0.2, 0.25) is 0 Å². The number of thiophene rings is 1. The molecule has 0 radical (unpaired) electrons. The van der Waals surface area contributed by atoms with Crippen LogP contribution in [0, 0.1) is 5.92 Å². The topological polar surface area (TPSA) is 50.7 Å². The number of carbonyl (C=O) groups excluding carboxylic acids is 1. The van der Waals surface area contributed by atoms with E-state index in [2.05, 4.69) is 33.4 Å². The first-order valence-electron chi connectivity index (χ1n) is 7.85. The SMILES string of the molecule is COc1ccc(Br)cc1/C=N/NC(=O)c1cc2c(s1)CCC(C)C2. The van der Waals surface area contributed by atoms with Crippen molar-refractivity contribution in [2.24, 2.45) is 11.0 Å². The summed E-state index contributed by atoms with van der Waals surface area (Å²) in [6.07, 6.45) is 4.94. The summed E-state index contributed by atoms with van der Waals surface area (Å²) in [6.45, 7) is 2.26. The third kappa shape index (κ3) is 3.87. The number of hydrogen-bond donors (Lipinski definition) is 1. The molecule has 24 heavy (non-hydrogen) atoms. The van der Waals surface area contributed by atoms with Crippen LogP contribution >= 0.6 is 27.3 Å². The summed E-state index contributed by atoms with van der Waals surface area (Å²) < 4.78 is 6.21. The second kappa shape index (κ2) is 7.49. The fraction of sp³-hybridized carbons (Fsp3) is 0.333. The highest BCUT2D eigenvalue weighted by Gasteiger charge is 2.20. The molecular weight excluding hydrogens is 388 g/mol. The van der Waals surface area contributed by atoms with Gasteiger partial charge in [-0.3, -0.25) is 4.79 Å². The molecule has 1 aromatic heterocycles. The number of nitrogens with one attached hydrogen (secondary N) is 1. The maximum absolute atomic E-state index is 12.3. The summed E-state index contributed by atoms with van der Waals surface area (Å²) in [5.74, 6) is 1.24. The van der Waals surface area contributed by atoms with Crippen molar-refractivity contribution < 1.29 is 9.53 Å². The van der Waals surface area contributed by atoms with Gasteiger partial charge in [-0.1, -0.05) is 22.9 Å². The summed E-state index contributed by atoms with van der Waals surface area (Å²) in [6, 6.07) is 7.65. The van der Waals surface area contributed by atoms with Crippen LogP contribution in [0.15, 0.2) is 33.8 Å². The van der Waals surface area contributed by atoms with Gasteiger partial charge in [-0.25, -0.2) is 5.43 Å². The zero-order valence-corrected chi connectivity index (χ0v) is 16.0. The monoisotopic (exact) mass is 406 g/mol. The van der Waals surface area contributed by atoms with Crippen LogP contribution < -0.4 is 10.2 Å². The number of ether oxygens (including phenoxy) is 1. The van der Waals surface area contributed by atoms with Gasteiger partial charge in [0.1, 0.15) is 5.75 Å². The molecule has 0 fully saturated rings. The Kier molecular flexibility index (Phi) is 5.36. The number of fused-ring (bicyclic) bond motifs is 1. The summed E-state index contributed by atoms with van der Waals surface area (Å²) in [5, 5.41) is 4.07. The third-order valence-electron chi connectivity index (χ3n) is 4.11. The molecule has 2 aromatic rings. The molecule has 1 unspecified atom stereocenters. The predicted octanol–water partition coefficient (Wildman–Crippen LogP) is 4.41. The number of amides is 1. The second-order valence-corrected chi connectivity index (χ2v) is 8.04. The first kappa shape index (κ1) is 17.2. The first-order chi connectivity index (χ1) is 11.6. The summed E-state index contributed by atoms with van der Waals surface area (Å²) >= 11 is 5.00. The van der Waals surface area contributed by atoms with E-state index >= 15 is 0 Å². The van der Waals surface area contributed by atoms with Gasteiger partial charge < -0.3 is 4.74 Å². The fourth-order valence-corrected chi connectivity index (χ4v) is 4.32. The lowest BCUT2D eigenvalue weighted by Crippen LogP contribution is -2.16. The van der Waals surface area contributed by atoms with Gasteiger partial charge in [0.25, 0.3) is 5.91 Å². The van der Waals surface area contributed by atoms with Gasteiger partial charge in [0.05, 0.1) is 18.2 Å². The van der Waals surface area contributed by atoms with E-state index < -0.39 is 0 Å². The Hall–Kier alpha value is -1.66. The van der Waals surface area contributed by atoms with Gasteiger partial charge in [0.2, 0.25) is 0 Å². The Balaban J connectivity index is 1.69. The number of methoxy groups -OCH3 is 1. The van der Waals surface area contributed by atoms with Crippen molar-refractivity contribution in [1.29, 1.82) is 0 Å². The molecule has 1 aliphatic rings. The standard InChI is InChI=1S/C18H19BrN2O2S/c1-11-3-6-16-12(7-11)9-17(24-16)18(22)21-20-10-13-8-14(19)4-5-15(13)23-2/h4-5,8-11H,3,6-7H2,1-2H3,(H,21,22)/b20-10+. The lowest BCUT2D eigenvalue weighted by molar-refractivity contribution is 0.0959. The van der Waals surface area contributed by atoms with Gasteiger partial charge in [-0.15, -0.1) is 11.3 Å². The minimum Gasteiger partial charge on any atom is -0.496 e. The number of hydrogen-bond acceptors (Lipinski definition) is 4. The van der Waals surface area contributed by atoms with Gasteiger partial charge in [0.15, 0.2) is 0 Å². The largest absolute Gasteiger partial charge is 0.496 e. The highest BCUT2D eigenvalue weighted by molar-refractivity contribution is 9.10. The Morgan fingerprint density at radius 3 is 3.08 bits per heavy atom. The van der Waals surface area contributed by atoms with Crippen LogP contribution in [-0.2, 0) is 12.8 Å². The number of nitrogens with zero attached hydrogens (tertiary/aromatic N) is 1. The smallest absolute Gasteiger partial charge is 0.281 e. The Morgan fingerprint density at radius 1 is 1.46 bits per heavy atom. The zero-order chi connectivity index (χ0) is 17.1. The Labute approximate surface area is 154 Å². The number of rotatable bonds is 4. The maximum atomic E-state index is 12.3. The number of halogens is 1. The maximum Gasteiger partial charge on any atom is 0.281 e. The number of hydrazone groups is 1. The van der Waals surface area contributed by atoms with Crippen molar-refractivity contribution in [3.63, 3.8) is 0 Å². The van der Waals surface area contributed by atoms with Crippen LogP contribution in [0.3, 0.4) is 0 Å². The number of carbonyl (C=O) groups is 1. The molecule has 1 aromatic carbocycles. The summed E-state index contributed by atoms with van der Waals surface area (Å²) in [4.78, 5) is 14.4. The molecule has 1 aliphatic carbocycles. The number of aryl methyl sites for hydroxylation is 1. The van der Waals surface area contributed by atoms with Crippen molar-refractivity contribution in [3.05, 3.63) is 49.6 Å². The molecule has 0 saturated heterocycles. The lowest BCUT2D eigenvalue weighted by Gasteiger charge is -2.16. The van der Waals surface area contributed by atoms with Crippen LogP contribution in [-0.4, -0.2) is 19.2 Å². The van der Waals surface area contributed by atoms with E-state index in [1.165, 1.54) is 16.9 Å². The highest BCUT2D eigenvalue weighted by Crippen LogP contribution is 2.32. The summed E-state index contributed by atoms with van der Waals surface area (Å²) in [5.41, 5.74) is 4.73. The van der Waals surface area contributed by atoms with Crippen LogP contribution in [0.1, 0.15) is 39.0 Å². The lowest BCUT2D eigenvalue weighted by atomic mass is 9.90. The third-order valence-corrected chi connectivity index (χ3v) is 5.84. The van der Waals surface area contributed by atoms with E-state index in [1.54, 1.807) is 24.7 Å². The molecule has 1 N–H and O–H groups in total. The minimum absolute atomic E-state index is 0.160. The normalized spacial score (nSPS) is 16.9. The van der Waals surface area contributed by atoms with E-state index in [0.29, 0.717) is 11.7 Å². The van der Waals surface area contributed by atoms with Crippen LogP contribution in [0.25, 0.3) is 0 Å². The Morgan fingerprint density at radius 2 is 2.29 bits per heavy atom. The quantitative estimate of drug-likeness (QED) is 0.603. The second-order valence-electron chi connectivity index (χ2n) is 5.99. The van der Waals surface area contributed by atoms with Crippen molar-refractivity contribution in [1.82, 2.24) is 5.43 Å². The van der Waals surface area contributed by atoms with E-state index in [9.17, 15) is 4.79 Å². The van der Waals surface area contributed by atoms with Gasteiger partial charge in [0, 0.05) is 14.9 Å². The molecule has 0 saturated carbocycles. The molecule has 0 bridgehead atoms. The molecule has 126 valence electrons. The fourth-order valence-electron chi connectivity index (χ4n) is 2.84.